The molecule has 0 saturated carbocycles. The molecule has 0 aliphatic carbocycles. The summed E-state index contributed by atoms with van der Waals surface area (Å²) < 4.78 is 0. The molecule has 2 rings (SSSR count). The van der Waals surface area contributed by atoms with Crippen molar-refractivity contribution in [2.75, 3.05) is 24.5 Å². The first-order valence-electron chi connectivity index (χ1n) is 9.27. The molecule has 0 spiro atoms. The Balaban J connectivity index is 1.96. The van der Waals surface area contributed by atoms with Gasteiger partial charge in [-0.2, -0.15) is 0 Å². The summed E-state index contributed by atoms with van der Waals surface area (Å²) in [5, 5.41) is 0. The number of nitrogens with zero attached hydrogens (tertiary/aromatic N) is 2. The van der Waals surface area contributed by atoms with Crippen LogP contribution in [0.3, 0.4) is 0 Å². The van der Waals surface area contributed by atoms with Crippen LogP contribution in [0.25, 0.3) is 0 Å². The number of carbonyl (C=O) groups is 2. The SMILES string of the molecule is CCC(CC)C(=O)N1CCC(C(=O)N(CC)c2ccccc2)CC1. The zero-order valence-corrected chi connectivity index (χ0v) is 15.2. The molecule has 2 amide bonds. The van der Waals surface area contributed by atoms with Crippen molar-refractivity contribution in [3.05, 3.63) is 30.3 Å². The number of anilines is 1. The summed E-state index contributed by atoms with van der Waals surface area (Å²) in [6.07, 6.45) is 3.33. The second-order valence-corrected chi connectivity index (χ2v) is 6.53. The van der Waals surface area contributed by atoms with E-state index in [9.17, 15) is 9.59 Å². The second kappa shape index (κ2) is 8.86. The van der Waals surface area contributed by atoms with Crippen LogP contribution in [0.1, 0.15) is 46.5 Å². The van der Waals surface area contributed by atoms with E-state index >= 15 is 0 Å². The molecule has 1 fully saturated rings. The molecule has 0 atom stereocenters. The van der Waals surface area contributed by atoms with E-state index in [1.54, 1.807) is 0 Å². The minimum absolute atomic E-state index is 0.0240. The number of rotatable bonds is 6. The van der Waals surface area contributed by atoms with E-state index < -0.39 is 0 Å². The normalized spacial score (nSPS) is 15.6. The topological polar surface area (TPSA) is 40.6 Å². The van der Waals surface area contributed by atoms with E-state index in [-0.39, 0.29) is 23.7 Å². The maximum absolute atomic E-state index is 12.9. The monoisotopic (exact) mass is 330 g/mol. The van der Waals surface area contributed by atoms with Crippen LogP contribution in [-0.4, -0.2) is 36.3 Å². The molecule has 1 aliphatic rings. The Labute approximate surface area is 145 Å². The van der Waals surface area contributed by atoms with Crippen LogP contribution < -0.4 is 4.90 Å². The molecule has 0 radical (unpaired) electrons. The molecule has 24 heavy (non-hydrogen) atoms. The lowest BCUT2D eigenvalue weighted by Crippen LogP contribution is -2.46. The van der Waals surface area contributed by atoms with Crippen molar-refractivity contribution in [2.24, 2.45) is 11.8 Å². The third kappa shape index (κ3) is 4.16. The van der Waals surface area contributed by atoms with Crippen LogP contribution >= 0.6 is 0 Å². The third-order valence-corrected chi connectivity index (χ3v) is 5.14. The molecule has 1 aliphatic heterocycles. The summed E-state index contributed by atoms with van der Waals surface area (Å²) in [6, 6.07) is 9.84. The maximum atomic E-state index is 12.9. The van der Waals surface area contributed by atoms with Gasteiger partial charge in [-0.1, -0.05) is 32.0 Å². The number of piperidine rings is 1. The summed E-state index contributed by atoms with van der Waals surface area (Å²) in [7, 11) is 0. The van der Waals surface area contributed by atoms with Crippen molar-refractivity contribution < 1.29 is 9.59 Å². The van der Waals surface area contributed by atoms with E-state index in [2.05, 4.69) is 13.8 Å². The number of likely N-dealkylation sites (tertiary alicyclic amines) is 1. The number of hydrogen-bond acceptors (Lipinski definition) is 2. The van der Waals surface area contributed by atoms with Gasteiger partial charge in [0.1, 0.15) is 0 Å². The summed E-state index contributed by atoms with van der Waals surface area (Å²) in [6.45, 7) is 8.24. The second-order valence-electron chi connectivity index (χ2n) is 6.53. The molecule has 1 heterocycles. The van der Waals surface area contributed by atoms with E-state index in [0.29, 0.717) is 19.6 Å². The average molecular weight is 330 g/mol. The first-order valence-corrected chi connectivity index (χ1v) is 9.27. The van der Waals surface area contributed by atoms with Crippen LogP contribution in [0.15, 0.2) is 30.3 Å². The smallest absolute Gasteiger partial charge is 0.230 e. The van der Waals surface area contributed by atoms with E-state index in [4.69, 9.17) is 0 Å². The molecule has 1 aromatic carbocycles. The first-order chi connectivity index (χ1) is 11.6. The van der Waals surface area contributed by atoms with Crippen LogP contribution in [0, 0.1) is 11.8 Å². The van der Waals surface area contributed by atoms with E-state index in [1.165, 1.54) is 0 Å². The van der Waals surface area contributed by atoms with Crippen LogP contribution in [-0.2, 0) is 9.59 Å². The first kappa shape index (κ1) is 18.5. The number of para-hydroxylation sites is 1. The van der Waals surface area contributed by atoms with Crippen molar-refractivity contribution >= 4 is 17.5 Å². The van der Waals surface area contributed by atoms with Gasteiger partial charge < -0.3 is 9.80 Å². The van der Waals surface area contributed by atoms with Crippen molar-refractivity contribution in [1.82, 2.24) is 4.90 Å². The Bertz CT molecular complexity index is 532. The van der Waals surface area contributed by atoms with Gasteiger partial charge in [0.05, 0.1) is 0 Å². The lowest BCUT2D eigenvalue weighted by atomic mass is 9.93. The molecule has 4 nitrogen and oxygen atoms in total. The van der Waals surface area contributed by atoms with Crippen LogP contribution in [0.2, 0.25) is 0 Å². The predicted octanol–water partition coefficient (Wildman–Crippen LogP) is 3.71. The summed E-state index contributed by atoms with van der Waals surface area (Å²) in [5.41, 5.74) is 0.959. The molecule has 0 unspecified atom stereocenters. The lowest BCUT2D eigenvalue weighted by Gasteiger charge is -2.35. The van der Waals surface area contributed by atoms with Gasteiger partial charge in [-0.25, -0.2) is 0 Å². The molecule has 0 aromatic heterocycles. The fourth-order valence-electron chi connectivity index (χ4n) is 3.54. The van der Waals surface area contributed by atoms with Crippen molar-refractivity contribution in [3.8, 4) is 0 Å². The number of hydrogen-bond donors (Lipinski definition) is 0. The van der Waals surface area contributed by atoms with Gasteiger partial charge in [0.25, 0.3) is 0 Å². The number of amides is 2. The summed E-state index contributed by atoms with van der Waals surface area (Å²) in [5.74, 6) is 0.615. The van der Waals surface area contributed by atoms with Gasteiger partial charge in [-0.05, 0) is 44.7 Å². The fourth-order valence-corrected chi connectivity index (χ4v) is 3.54. The average Bonchev–Trinajstić information content (AvgIpc) is 2.64. The zero-order chi connectivity index (χ0) is 17.5. The predicted molar refractivity (Wildman–Crippen MR) is 97.8 cm³/mol. The Morgan fingerprint density at radius 2 is 1.67 bits per heavy atom. The van der Waals surface area contributed by atoms with Gasteiger partial charge >= 0.3 is 0 Å². The molecule has 1 aromatic rings. The Morgan fingerprint density at radius 3 is 2.17 bits per heavy atom. The van der Waals surface area contributed by atoms with Gasteiger partial charge in [-0.3, -0.25) is 9.59 Å². The maximum Gasteiger partial charge on any atom is 0.230 e. The van der Waals surface area contributed by atoms with Gasteiger partial charge in [0.15, 0.2) is 0 Å². The van der Waals surface area contributed by atoms with Gasteiger partial charge in [0, 0.05) is 37.2 Å². The summed E-state index contributed by atoms with van der Waals surface area (Å²) >= 11 is 0. The molecular weight excluding hydrogens is 300 g/mol. The molecule has 132 valence electrons. The molecule has 0 bridgehead atoms. The van der Waals surface area contributed by atoms with E-state index in [1.807, 2.05) is 47.1 Å². The van der Waals surface area contributed by atoms with Crippen molar-refractivity contribution in [2.45, 2.75) is 46.5 Å². The minimum Gasteiger partial charge on any atom is -0.342 e. The Morgan fingerprint density at radius 1 is 1.08 bits per heavy atom. The molecule has 4 heteroatoms. The highest BCUT2D eigenvalue weighted by Gasteiger charge is 2.31. The van der Waals surface area contributed by atoms with E-state index in [0.717, 1.165) is 31.4 Å². The Kier molecular flexibility index (Phi) is 6.83. The third-order valence-electron chi connectivity index (χ3n) is 5.14. The van der Waals surface area contributed by atoms with Gasteiger partial charge in [-0.15, -0.1) is 0 Å². The Hall–Kier alpha value is -1.84. The largest absolute Gasteiger partial charge is 0.342 e. The van der Waals surface area contributed by atoms with Crippen LogP contribution in [0.4, 0.5) is 5.69 Å². The molecule has 0 N–H and O–H groups in total. The standard InChI is InChI=1S/C20H30N2O2/c1-4-16(5-2)19(23)21-14-12-17(13-15-21)20(24)22(6-3)18-10-8-7-9-11-18/h7-11,16-17H,4-6,12-15H2,1-3H3. The zero-order valence-electron chi connectivity index (χ0n) is 15.2. The number of benzene rings is 1. The fraction of sp³-hybridized carbons (Fsp3) is 0.600. The number of carbonyl (C=O) groups excluding carboxylic acids is 2. The summed E-state index contributed by atoms with van der Waals surface area (Å²) in [4.78, 5) is 29.2. The van der Waals surface area contributed by atoms with Crippen molar-refractivity contribution in [3.63, 3.8) is 0 Å². The highest BCUT2D eigenvalue weighted by Crippen LogP contribution is 2.25. The molecule has 1 saturated heterocycles. The van der Waals surface area contributed by atoms with Gasteiger partial charge in [0.2, 0.25) is 11.8 Å². The quantitative estimate of drug-likeness (QED) is 0.798. The van der Waals surface area contributed by atoms with Crippen molar-refractivity contribution in [1.29, 1.82) is 0 Å². The highest BCUT2D eigenvalue weighted by molar-refractivity contribution is 5.95. The molecular formula is C20H30N2O2. The highest BCUT2D eigenvalue weighted by atomic mass is 16.2. The lowest BCUT2D eigenvalue weighted by molar-refractivity contribution is -0.138. The van der Waals surface area contributed by atoms with Crippen LogP contribution in [0.5, 0.6) is 0 Å². The minimum atomic E-state index is 0.0240.